The van der Waals surface area contributed by atoms with Crippen molar-refractivity contribution in [3.8, 4) is 0 Å². The Hall–Kier alpha value is -0.750. The van der Waals surface area contributed by atoms with Gasteiger partial charge in [0.2, 0.25) is 0 Å². The summed E-state index contributed by atoms with van der Waals surface area (Å²) in [5.74, 6) is -0.787. The summed E-state index contributed by atoms with van der Waals surface area (Å²) >= 11 is 1.85. The predicted octanol–water partition coefficient (Wildman–Crippen LogP) is 0.209. The third-order valence-electron chi connectivity index (χ3n) is 3.87. The molecule has 108 valence electrons. The van der Waals surface area contributed by atoms with Gasteiger partial charge in [0.25, 0.3) is 0 Å². The zero-order valence-corrected chi connectivity index (χ0v) is 12.3. The molecule has 2 aliphatic rings. The Labute approximate surface area is 118 Å². The van der Waals surface area contributed by atoms with Crippen molar-refractivity contribution in [1.29, 1.82) is 0 Å². The minimum atomic E-state index is -0.423. The van der Waals surface area contributed by atoms with Crippen LogP contribution in [0.25, 0.3) is 0 Å². The monoisotopic (exact) mass is 285 g/mol. The minimum Gasteiger partial charge on any atom is -0.345 e. The highest BCUT2D eigenvalue weighted by molar-refractivity contribution is 7.99. The lowest BCUT2D eigenvalue weighted by atomic mass is 10.2. The smallest absolute Gasteiger partial charge is 0.311 e. The highest BCUT2D eigenvalue weighted by Gasteiger charge is 2.29. The molecule has 2 fully saturated rings. The van der Waals surface area contributed by atoms with Crippen molar-refractivity contribution in [3.63, 3.8) is 0 Å². The van der Waals surface area contributed by atoms with Gasteiger partial charge >= 0.3 is 11.8 Å². The van der Waals surface area contributed by atoms with Gasteiger partial charge in [0.1, 0.15) is 0 Å². The van der Waals surface area contributed by atoms with Crippen LogP contribution in [0, 0.1) is 0 Å². The fraction of sp³-hybridized carbons (Fsp3) is 0.846. The lowest BCUT2D eigenvalue weighted by molar-refractivity contribution is -0.146. The Morgan fingerprint density at radius 3 is 2.84 bits per heavy atom. The van der Waals surface area contributed by atoms with Crippen LogP contribution in [0.1, 0.15) is 25.7 Å². The summed E-state index contributed by atoms with van der Waals surface area (Å²) in [6.45, 7) is 3.00. The molecular weight excluding hydrogens is 262 g/mol. The maximum Gasteiger partial charge on any atom is 0.311 e. The van der Waals surface area contributed by atoms with Crippen molar-refractivity contribution >= 4 is 23.6 Å². The maximum absolute atomic E-state index is 12.1. The summed E-state index contributed by atoms with van der Waals surface area (Å²) in [5.41, 5.74) is 0. The molecule has 1 aliphatic heterocycles. The molecular formula is C13H23N3O2S. The highest BCUT2D eigenvalue weighted by atomic mass is 32.2. The predicted molar refractivity (Wildman–Crippen MR) is 77.2 cm³/mol. The summed E-state index contributed by atoms with van der Waals surface area (Å²) in [6.07, 6.45) is 6.13. The van der Waals surface area contributed by atoms with Gasteiger partial charge in [-0.3, -0.25) is 9.59 Å². The minimum absolute atomic E-state index is 0.180. The number of nitrogens with zero attached hydrogens (tertiary/aromatic N) is 1. The molecule has 6 heteroatoms. The second kappa shape index (κ2) is 7.14. The fourth-order valence-electron chi connectivity index (χ4n) is 2.72. The average Bonchev–Trinajstić information content (AvgIpc) is 2.70. The Kier molecular flexibility index (Phi) is 5.51. The largest absolute Gasteiger partial charge is 0.345 e. The lowest BCUT2D eigenvalue weighted by Gasteiger charge is -2.20. The van der Waals surface area contributed by atoms with Crippen molar-refractivity contribution in [2.45, 2.75) is 37.0 Å². The molecule has 2 unspecified atom stereocenters. The van der Waals surface area contributed by atoms with Gasteiger partial charge in [-0.2, -0.15) is 11.8 Å². The average molecular weight is 285 g/mol. The van der Waals surface area contributed by atoms with E-state index < -0.39 is 5.91 Å². The first-order valence-corrected chi connectivity index (χ1v) is 8.32. The second-order valence-electron chi connectivity index (χ2n) is 5.24. The summed E-state index contributed by atoms with van der Waals surface area (Å²) < 4.78 is 0. The van der Waals surface area contributed by atoms with Crippen molar-refractivity contribution in [3.05, 3.63) is 0 Å². The molecule has 0 aromatic carbocycles. The van der Waals surface area contributed by atoms with Crippen LogP contribution in [0.3, 0.4) is 0 Å². The first-order valence-electron chi connectivity index (χ1n) is 7.04. The molecule has 2 atom stereocenters. The van der Waals surface area contributed by atoms with Crippen molar-refractivity contribution in [1.82, 2.24) is 15.5 Å². The molecule has 0 bridgehead atoms. The molecule has 2 amide bonds. The van der Waals surface area contributed by atoms with E-state index in [-0.39, 0.29) is 11.9 Å². The van der Waals surface area contributed by atoms with Gasteiger partial charge in [-0.1, -0.05) is 0 Å². The van der Waals surface area contributed by atoms with Crippen LogP contribution in [0.2, 0.25) is 0 Å². The molecule has 5 nitrogen and oxygen atoms in total. The van der Waals surface area contributed by atoms with E-state index in [0.29, 0.717) is 18.3 Å². The van der Waals surface area contributed by atoms with E-state index >= 15 is 0 Å². The molecule has 1 saturated carbocycles. The molecule has 0 aromatic heterocycles. The van der Waals surface area contributed by atoms with E-state index in [1.54, 1.807) is 4.90 Å². The third-order valence-corrected chi connectivity index (χ3v) is 4.97. The molecule has 1 heterocycles. The number of hydrogen-bond acceptors (Lipinski definition) is 4. The maximum atomic E-state index is 12.1. The third kappa shape index (κ3) is 4.11. The zero-order valence-electron chi connectivity index (χ0n) is 11.5. The quantitative estimate of drug-likeness (QED) is 0.712. The van der Waals surface area contributed by atoms with Gasteiger partial charge in [0.15, 0.2) is 0 Å². The number of thioether (sulfide) groups is 1. The lowest BCUT2D eigenvalue weighted by Crippen LogP contribution is -2.47. The number of nitrogens with one attached hydrogen (secondary N) is 2. The Bertz CT molecular complexity index is 330. The van der Waals surface area contributed by atoms with Gasteiger partial charge in [-0.15, -0.1) is 0 Å². The van der Waals surface area contributed by atoms with E-state index in [9.17, 15) is 9.59 Å². The Morgan fingerprint density at radius 1 is 1.26 bits per heavy atom. The SMILES string of the molecule is CSC1CCC(NC(=O)C(=O)N2CCCNCC2)C1. The van der Waals surface area contributed by atoms with Crippen molar-refractivity contribution < 1.29 is 9.59 Å². The molecule has 0 spiro atoms. The van der Waals surface area contributed by atoms with Gasteiger partial charge < -0.3 is 15.5 Å². The van der Waals surface area contributed by atoms with Crippen LogP contribution < -0.4 is 10.6 Å². The van der Waals surface area contributed by atoms with E-state index in [2.05, 4.69) is 16.9 Å². The van der Waals surface area contributed by atoms with Gasteiger partial charge in [-0.05, 0) is 38.5 Å². The second-order valence-corrected chi connectivity index (χ2v) is 6.37. The molecule has 1 saturated heterocycles. The van der Waals surface area contributed by atoms with E-state index in [1.165, 1.54) is 0 Å². The number of amides is 2. The van der Waals surface area contributed by atoms with Crippen LogP contribution in [0.5, 0.6) is 0 Å². The molecule has 19 heavy (non-hydrogen) atoms. The Morgan fingerprint density at radius 2 is 2.11 bits per heavy atom. The van der Waals surface area contributed by atoms with Crippen LogP contribution in [-0.2, 0) is 9.59 Å². The fourth-order valence-corrected chi connectivity index (χ4v) is 3.52. The molecule has 2 N–H and O–H groups in total. The van der Waals surface area contributed by atoms with E-state index in [1.807, 2.05) is 11.8 Å². The summed E-state index contributed by atoms with van der Waals surface area (Å²) in [7, 11) is 0. The van der Waals surface area contributed by atoms with Crippen LogP contribution >= 0.6 is 11.8 Å². The van der Waals surface area contributed by atoms with Crippen LogP contribution in [0.15, 0.2) is 0 Å². The standard InChI is InChI=1S/C13H23N3O2S/c1-19-11-4-3-10(9-11)15-12(17)13(18)16-7-2-5-14-6-8-16/h10-11,14H,2-9H2,1H3,(H,15,17). The zero-order chi connectivity index (χ0) is 13.7. The summed E-state index contributed by atoms with van der Waals surface area (Å²) in [6, 6.07) is 0.180. The topological polar surface area (TPSA) is 61.4 Å². The van der Waals surface area contributed by atoms with E-state index in [0.717, 1.165) is 38.8 Å². The molecule has 2 rings (SSSR count). The molecule has 0 aromatic rings. The highest BCUT2D eigenvalue weighted by Crippen LogP contribution is 2.28. The number of hydrogen-bond donors (Lipinski definition) is 2. The first-order chi connectivity index (χ1) is 9.20. The molecule has 0 radical (unpaired) electrons. The van der Waals surface area contributed by atoms with Gasteiger partial charge in [-0.25, -0.2) is 0 Å². The number of carbonyl (C=O) groups is 2. The van der Waals surface area contributed by atoms with Crippen LogP contribution in [-0.4, -0.2) is 60.4 Å². The summed E-state index contributed by atoms with van der Waals surface area (Å²) in [4.78, 5) is 25.7. The summed E-state index contributed by atoms with van der Waals surface area (Å²) in [5, 5.41) is 6.75. The molecule has 1 aliphatic carbocycles. The normalized spacial score (nSPS) is 27.9. The Balaban J connectivity index is 1.80. The van der Waals surface area contributed by atoms with Crippen molar-refractivity contribution in [2.75, 3.05) is 32.4 Å². The first kappa shape index (κ1) is 14.7. The van der Waals surface area contributed by atoms with E-state index in [4.69, 9.17) is 0 Å². The van der Waals surface area contributed by atoms with Crippen molar-refractivity contribution in [2.24, 2.45) is 0 Å². The van der Waals surface area contributed by atoms with Crippen LogP contribution in [0.4, 0.5) is 0 Å². The number of rotatable bonds is 2. The number of carbonyl (C=O) groups excluding carboxylic acids is 2. The van der Waals surface area contributed by atoms with Gasteiger partial charge in [0.05, 0.1) is 0 Å². The van der Waals surface area contributed by atoms with Gasteiger partial charge in [0, 0.05) is 30.9 Å².